The molecule has 1 aromatic heterocycles. The highest BCUT2D eigenvalue weighted by atomic mass is 19.1. The van der Waals surface area contributed by atoms with Crippen LogP contribution >= 0.6 is 0 Å². The van der Waals surface area contributed by atoms with Gasteiger partial charge in [0.2, 0.25) is 11.7 Å². The van der Waals surface area contributed by atoms with Gasteiger partial charge in [-0.15, -0.1) is 10.2 Å². The Morgan fingerprint density at radius 1 is 1.15 bits per heavy atom. The standard InChI is InChI=1S/C19H20FN5O/c1-3-17(14-6-4-13(2)5-7-14)21-18(26)12-25-23-19(22-24-25)15-8-10-16(20)11-9-15/h4-11,17H,3,12H2,1-2H3,(H,21,26)/t17-/m0/s1. The number of nitrogens with one attached hydrogen (secondary N) is 1. The van der Waals surface area contributed by atoms with Crippen molar-refractivity contribution in [2.24, 2.45) is 0 Å². The number of aromatic nitrogens is 4. The molecule has 0 aliphatic heterocycles. The first-order valence-electron chi connectivity index (χ1n) is 8.45. The van der Waals surface area contributed by atoms with Gasteiger partial charge in [-0.1, -0.05) is 36.8 Å². The van der Waals surface area contributed by atoms with Crippen molar-refractivity contribution in [2.45, 2.75) is 32.9 Å². The monoisotopic (exact) mass is 353 g/mol. The molecule has 3 rings (SSSR count). The van der Waals surface area contributed by atoms with Crippen LogP contribution in [0.25, 0.3) is 11.4 Å². The van der Waals surface area contributed by atoms with Crippen LogP contribution in [0, 0.1) is 12.7 Å². The predicted molar refractivity (Wildman–Crippen MR) is 95.6 cm³/mol. The maximum atomic E-state index is 13.0. The second-order valence-corrected chi connectivity index (χ2v) is 6.09. The van der Waals surface area contributed by atoms with Gasteiger partial charge in [0, 0.05) is 5.56 Å². The number of hydrogen-bond donors (Lipinski definition) is 1. The number of aryl methyl sites for hydroxylation is 1. The van der Waals surface area contributed by atoms with Crippen molar-refractivity contribution < 1.29 is 9.18 Å². The molecule has 0 aliphatic rings. The number of carbonyl (C=O) groups excluding carboxylic acids is 1. The number of rotatable bonds is 6. The maximum Gasteiger partial charge on any atom is 0.244 e. The molecule has 1 N–H and O–H groups in total. The van der Waals surface area contributed by atoms with Gasteiger partial charge in [0.15, 0.2) is 0 Å². The van der Waals surface area contributed by atoms with Gasteiger partial charge in [-0.25, -0.2) is 4.39 Å². The fourth-order valence-electron chi connectivity index (χ4n) is 2.61. The Kier molecular flexibility index (Phi) is 5.36. The zero-order valence-corrected chi connectivity index (χ0v) is 14.7. The molecule has 3 aromatic rings. The minimum atomic E-state index is -0.331. The number of hydrogen-bond acceptors (Lipinski definition) is 4. The van der Waals surface area contributed by atoms with Crippen molar-refractivity contribution >= 4 is 5.91 Å². The van der Waals surface area contributed by atoms with Crippen LogP contribution in [0.2, 0.25) is 0 Å². The van der Waals surface area contributed by atoms with E-state index in [0.29, 0.717) is 11.4 Å². The molecule has 1 amide bonds. The Morgan fingerprint density at radius 2 is 1.85 bits per heavy atom. The van der Waals surface area contributed by atoms with E-state index in [-0.39, 0.29) is 24.3 Å². The number of carbonyl (C=O) groups is 1. The summed E-state index contributed by atoms with van der Waals surface area (Å²) in [5.74, 6) is -0.175. The summed E-state index contributed by atoms with van der Waals surface area (Å²) < 4.78 is 13.0. The molecule has 1 heterocycles. The highest BCUT2D eigenvalue weighted by Crippen LogP contribution is 2.17. The van der Waals surface area contributed by atoms with Crippen molar-refractivity contribution in [1.82, 2.24) is 25.5 Å². The summed E-state index contributed by atoms with van der Waals surface area (Å²) in [6.07, 6.45) is 0.778. The molecule has 0 saturated carbocycles. The quantitative estimate of drug-likeness (QED) is 0.739. The largest absolute Gasteiger partial charge is 0.348 e. The predicted octanol–water partition coefficient (Wildman–Crippen LogP) is 3.06. The Labute approximate surface area is 151 Å². The summed E-state index contributed by atoms with van der Waals surface area (Å²) >= 11 is 0. The summed E-state index contributed by atoms with van der Waals surface area (Å²) in [4.78, 5) is 13.6. The second kappa shape index (κ2) is 7.86. The van der Waals surface area contributed by atoms with Gasteiger partial charge in [-0.2, -0.15) is 4.80 Å². The molecule has 0 radical (unpaired) electrons. The van der Waals surface area contributed by atoms with Crippen molar-refractivity contribution in [3.63, 3.8) is 0 Å². The summed E-state index contributed by atoms with van der Waals surface area (Å²) in [6, 6.07) is 13.8. The van der Waals surface area contributed by atoms with Crippen molar-refractivity contribution in [2.75, 3.05) is 0 Å². The fraction of sp³-hybridized carbons (Fsp3) is 0.263. The molecule has 26 heavy (non-hydrogen) atoms. The van der Waals surface area contributed by atoms with Gasteiger partial charge in [0.1, 0.15) is 12.4 Å². The number of nitrogens with zero attached hydrogens (tertiary/aromatic N) is 4. The third-order valence-corrected chi connectivity index (χ3v) is 4.06. The van der Waals surface area contributed by atoms with Crippen LogP contribution in [0.5, 0.6) is 0 Å². The van der Waals surface area contributed by atoms with Crippen molar-refractivity contribution in [3.8, 4) is 11.4 Å². The van der Waals surface area contributed by atoms with Crippen molar-refractivity contribution in [1.29, 1.82) is 0 Å². The second-order valence-electron chi connectivity index (χ2n) is 6.09. The first kappa shape index (κ1) is 17.7. The van der Waals surface area contributed by atoms with E-state index < -0.39 is 0 Å². The summed E-state index contributed by atoms with van der Waals surface area (Å²) in [5, 5.41) is 15.0. The summed E-state index contributed by atoms with van der Waals surface area (Å²) in [6.45, 7) is 4.01. The van der Waals surface area contributed by atoms with Crippen LogP contribution in [0.15, 0.2) is 48.5 Å². The number of amides is 1. The van der Waals surface area contributed by atoms with E-state index in [0.717, 1.165) is 12.0 Å². The van der Waals surface area contributed by atoms with Crippen molar-refractivity contribution in [3.05, 3.63) is 65.5 Å². The van der Waals surface area contributed by atoms with Crippen LogP contribution in [-0.2, 0) is 11.3 Å². The minimum Gasteiger partial charge on any atom is -0.348 e. The third kappa shape index (κ3) is 4.30. The molecule has 6 nitrogen and oxygen atoms in total. The Morgan fingerprint density at radius 3 is 2.50 bits per heavy atom. The highest BCUT2D eigenvalue weighted by Gasteiger charge is 2.14. The number of halogens is 1. The molecule has 0 saturated heterocycles. The highest BCUT2D eigenvalue weighted by molar-refractivity contribution is 5.76. The van der Waals surface area contributed by atoms with E-state index in [4.69, 9.17) is 0 Å². The lowest BCUT2D eigenvalue weighted by Gasteiger charge is -2.17. The van der Waals surface area contributed by atoms with E-state index in [1.807, 2.05) is 38.1 Å². The average molecular weight is 353 g/mol. The van der Waals surface area contributed by atoms with Gasteiger partial charge in [0.25, 0.3) is 0 Å². The van der Waals surface area contributed by atoms with E-state index in [1.165, 1.54) is 22.5 Å². The van der Waals surface area contributed by atoms with E-state index in [9.17, 15) is 9.18 Å². The number of tetrazole rings is 1. The molecular weight excluding hydrogens is 333 g/mol. The molecule has 0 aliphatic carbocycles. The minimum absolute atomic E-state index is 0.0312. The lowest BCUT2D eigenvalue weighted by molar-refractivity contribution is -0.122. The zero-order valence-electron chi connectivity index (χ0n) is 14.7. The summed E-state index contributed by atoms with van der Waals surface area (Å²) in [5.41, 5.74) is 2.88. The zero-order chi connectivity index (χ0) is 18.5. The van der Waals surface area contributed by atoms with E-state index >= 15 is 0 Å². The maximum absolute atomic E-state index is 13.0. The molecule has 0 unspecified atom stereocenters. The SMILES string of the molecule is CC[C@H](NC(=O)Cn1nnc(-c2ccc(F)cc2)n1)c1ccc(C)cc1. The van der Waals surface area contributed by atoms with Gasteiger partial charge >= 0.3 is 0 Å². The third-order valence-electron chi connectivity index (χ3n) is 4.06. The topological polar surface area (TPSA) is 72.7 Å². The molecule has 2 aromatic carbocycles. The van der Waals surface area contributed by atoms with Gasteiger partial charge < -0.3 is 5.32 Å². The molecule has 0 spiro atoms. The fourth-order valence-corrected chi connectivity index (χ4v) is 2.61. The van der Waals surface area contributed by atoms with Crippen LogP contribution < -0.4 is 5.32 Å². The Balaban J connectivity index is 1.64. The van der Waals surface area contributed by atoms with Crippen LogP contribution in [0.3, 0.4) is 0 Å². The lowest BCUT2D eigenvalue weighted by atomic mass is 10.0. The Hall–Kier alpha value is -3.09. The average Bonchev–Trinajstić information content (AvgIpc) is 3.09. The molecule has 7 heteroatoms. The van der Waals surface area contributed by atoms with Crippen LogP contribution in [-0.4, -0.2) is 26.1 Å². The molecular formula is C19H20FN5O. The van der Waals surface area contributed by atoms with Crippen LogP contribution in [0.4, 0.5) is 4.39 Å². The Bertz CT molecular complexity index is 874. The first-order valence-corrected chi connectivity index (χ1v) is 8.45. The van der Waals surface area contributed by atoms with E-state index in [1.54, 1.807) is 12.1 Å². The van der Waals surface area contributed by atoms with Gasteiger partial charge in [-0.3, -0.25) is 4.79 Å². The normalized spacial score (nSPS) is 12.0. The van der Waals surface area contributed by atoms with E-state index in [2.05, 4.69) is 20.7 Å². The molecule has 134 valence electrons. The smallest absolute Gasteiger partial charge is 0.244 e. The molecule has 0 fully saturated rings. The lowest BCUT2D eigenvalue weighted by Crippen LogP contribution is -2.32. The molecule has 0 bridgehead atoms. The first-order chi connectivity index (χ1) is 12.5. The molecule has 1 atom stereocenters. The van der Waals surface area contributed by atoms with Crippen LogP contribution in [0.1, 0.15) is 30.5 Å². The summed E-state index contributed by atoms with van der Waals surface area (Å²) in [7, 11) is 0. The number of benzene rings is 2. The van der Waals surface area contributed by atoms with Gasteiger partial charge in [-0.05, 0) is 48.4 Å². The van der Waals surface area contributed by atoms with Gasteiger partial charge in [0.05, 0.1) is 6.04 Å².